The van der Waals surface area contributed by atoms with Crippen molar-refractivity contribution in [3.05, 3.63) is 53.9 Å². The molecule has 5 rings (SSSR count). The minimum Gasteiger partial charge on any atom is -0.493 e. The van der Waals surface area contributed by atoms with Gasteiger partial charge in [-0.25, -0.2) is 4.98 Å². The second kappa shape index (κ2) is 12.3. The molecule has 2 aliphatic rings. The molecule has 3 aromatic rings. The number of methoxy groups -OCH3 is 2. The SMILES string of the molecule is COc1ccc(C2CCNC2C(C)N2CCCNCC2c2nc3ccccc3n2C(C)OCC#N)cc1OC. The standard InChI is InChI=1S/C30H40N6O3/c1-20(29-23(12-15-33-29)22-10-11-27(37-3)28(18-22)38-4)35-16-7-14-32-19-26(35)30-34-24-8-5-6-9-25(24)36(30)21(2)39-17-13-31/h5-6,8-11,18,20-21,23,26,29,32-33H,7,12,14-17,19H2,1-4H3. The third kappa shape index (κ3) is 5.48. The molecule has 0 bridgehead atoms. The Kier molecular flexibility index (Phi) is 8.68. The van der Waals surface area contributed by atoms with Crippen LogP contribution in [0, 0.1) is 11.3 Å². The lowest BCUT2D eigenvalue weighted by Gasteiger charge is -2.40. The van der Waals surface area contributed by atoms with Gasteiger partial charge in [-0.15, -0.1) is 0 Å². The fraction of sp³-hybridized carbons (Fsp3) is 0.533. The van der Waals surface area contributed by atoms with Crippen molar-refractivity contribution in [3.63, 3.8) is 0 Å². The van der Waals surface area contributed by atoms with Crippen molar-refractivity contribution in [1.29, 1.82) is 5.26 Å². The number of nitrogens with zero attached hydrogens (tertiary/aromatic N) is 4. The summed E-state index contributed by atoms with van der Waals surface area (Å²) < 4.78 is 19.2. The van der Waals surface area contributed by atoms with Crippen molar-refractivity contribution in [2.75, 3.05) is 47.0 Å². The van der Waals surface area contributed by atoms with E-state index in [4.69, 9.17) is 24.5 Å². The summed E-state index contributed by atoms with van der Waals surface area (Å²) >= 11 is 0. The number of hydrogen-bond acceptors (Lipinski definition) is 8. The van der Waals surface area contributed by atoms with Gasteiger partial charge < -0.3 is 24.8 Å². The highest BCUT2D eigenvalue weighted by Gasteiger charge is 2.40. The number of nitriles is 1. The fourth-order valence-electron chi connectivity index (χ4n) is 6.44. The number of rotatable bonds is 9. The summed E-state index contributed by atoms with van der Waals surface area (Å²) in [6, 6.07) is 17.2. The van der Waals surface area contributed by atoms with Gasteiger partial charge in [-0.2, -0.15) is 5.26 Å². The van der Waals surface area contributed by atoms with Crippen LogP contribution in [0.5, 0.6) is 11.5 Å². The minimum atomic E-state index is -0.309. The van der Waals surface area contributed by atoms with Crippen molar-refractivity contribution in [2.24, 2.45) is 0 Å². The predicted octanol–water partition coefficient (Wildman–Crippen LogP) is 3.98. The first-order valence-electron chi connectivity index (χ1n) is 13.9. The highest BCUT2D eigenvalue weighted by Crippen LogP contribution is 2.38. The van der Waals surface area contributed by atoms with Crippen molar-refractivity contribution >= 4 is 11.0 Å². The highest BCUT2D eigenvalue weighted by molar-refractivity contribution is 5.76. The quantitative estimate of drug-likeness (QED) is 0.427. The van der Waals surface area contributed by atoms with E-state index in [1.54, 1.807) is 14.2 Å². The zero-order valence-electron chi connectivity index (χ0n) is 23.4. The molecule has 2 saturated heterocycles. The van der Waals surface area contributed by atoms with E-state index in [-0.39, 0.29) is 31.0 Å². The number of hydrogen-bond donors (Lipinski definition) is 2. The van der Waals surface area contributed by atoms with Gasteiger partial charge in [0, 0.05) is 31.1 Å². The van der Waals surface area contributed by atoms with E-state index < -0.39 is 0 Å². The van der Waals surface area contributed by atoms with Gasteiger partial charge in [-0.1, -0.05) is 18.2 Å². The van der Waals surface area contributed by atoms with Gasteiger partial charge in [0.15, 0.2) is 11.5 Å². The van der Waals surface area contributed by atoms with Crippen LogP contribution in [0.25, 0.3) is 11.0 Å². The Morgan fingerprint density at radius 1 is 1.10 bits per heavy atom. The molecule has 2 aliphatic heterocycles. The van der Waals surface area contributed by atoms with E-state index in [0.29, 0.717) is 5.92 Å². The maximum absolute atomic E-state index is 9.16. The summed E-state index contributed by atoms with van der Waals surface area (Å²) in [5, 5.41) is 16.6. The van der Waals surface area contributed by atoms with Gasteiger partial charge in [-0.05, 0) is 69.6 Å². The molecule has 0 aliphatic carbocycles. The van der Waals surface area contributed by atoms with Crippen molar-refractivity contribution in [3.8, 4) is 17.6 Å². The van der Waals surface area contributed by atoms with Crippen LogP contribution < -0.4 is 20.1 Å². The molecule has 2 fully saturated rings. The number of fused-ring (bicyclic) bond motifs is 1. The Balaban J connectivity index is 1.50. The topological polar surface area (TPSA) is 96.6 Å². The largest absolute Gasteiger partial charge is 0.493 e. The number of ether oxygens (including phenoxy) is 3. The molecule has 5 atom stereocenters. The average Bonchev–Trinajstić information content (AvgIpc) is 3.53. The molecule has 9 nitrogen and oxygen atoms in total. The first-order chi connectivity index (χ1) is 19.1. The van der Waals surface area contributed by atoms with Crippen LogP contribution in [0.3, 0.4) is 0 Å². The van der Waals surface area contributed by atoms with E-state index in [9.17, 15) is 0 Å². The Labute approximate surface area is 231 Å². The van der Waals surface area contributed by atoms with Gasteiger partial charge in [0.1, 0.15) is 18.7 Å². The zero-order chi connectivity index (χ0) is 27.4. The number of imidazole rings is 1. The lowest BCUT2D eigenvalue weighted by Crippen LogP contribution is -2.50. The third-order valence-corrected chi connectivity index (χ3v) is 8.33. The number of aromatic nitrogens is 2. The number of nitrogens with one attached hydrogen (secondary N) is 2. The van der Waals surface area contributed by atoms with Crippen LogP contribution in [0.15, 0.2) is 42.5 Å². The molecular formula is C30H40N6O3. The predicted molar refractivity (Wildman–Crippen MR) is 151 cm³/mol. The Hall–Kier alpha value is -3.16. The Morgan fingerprint density at radius 3 is 2.72 bits per heavy atom. The van der Waals surface area contributed by atoms with Gasteiger partial charge >= 0.3 is 0 Å². The van der Waals surface area contributed by atoms with Crippen molar-refractivity contribution < 1.29 is 14.2 Å². The summed E-state index contributed by atoms with van der Waals surface area (Å²) in [4.78, 5) is 7.77. The van der Waals surface area contributed by atoms with Gasteiger partial charge in [-0.3, -0.25) is 9.47 Å². The van der Waals surface area contributed by atoms with Crippen LogP contribution in [0.2, 0.25) is 0 Å². The van der Waals surface area contributed by atoms with E-state index in [0.717, 1.165) is 67.4 Å². The summed E-state index contributed by atoms with van der Waals surface area (Å²) in [6.07, 6.45) is 1.82. The van der Waals surface area contributed by atoms with Crippen LogP contribution >= 0.6 is 0 Å². The Morgan fingerprint density at radius 2 is 1.92 bits per heavy atom. The summed E-state index contributed by atoms with van der Waals surface area (Å²) in [6.45, 7) is 8.09. The molecule has 9 heteroatoms. The molecule has 2 aromatic carbocycles. The molecule has 3 heterocycles. The smallest absolute Gasteiger partial charge is 0.160 e. The number of benzene rings is 2. The Bertz CT molecular complexity index is 1300. The van der Waals surface area contributed by atoms with E-state index >= 15 is 0 Å². The van der Waals surface area contributed by atoms with Crippen molar-refractivity contribution in [2.45, 2.75) is 57.0 Å². The average molecular weight is 533 g/mol. The summed E-state index contributed by atoms with van der Waals surface area (Å²) in [7, 11) is 3.36. The van der Waals surface area contributed by atoms with Gasteiger partial charge in [0.25, 0.3) is 0 Å². The summed E-state index contributed by atoms with van der Waals surface area (Å²) in [5.74, 6) is 2.85. The fourth-order valence-corrected chi connectivity index (χ4v) is 6.44. The van der Waals surface area contributed by atoms with E-state index in [1.807, 2.05) is 25.1 Å². The monoisotopic (exact) mass is 532 g/mol. The molecule has 0 radical (unpaired) electrons. The van der Waals surface area contributed by atoms with Crippen LogP contribution in [0.1, 0.15) is 56.3 Å². The van der Waals surface area contributed by atoms with Gasteiger partial charge in [0.05, 0.1) is 37.4 Å². The normalized spacial score (nSPS) is 23.7. The van der Waals surface area contributed by atoms with Crippen LogP contribution in [-0.4, -0.2) is 73.5 Å². The number of para-hydroxylation sites is 2. The lowest BCUT2D eigenvalue weighted by molar-refractivity contribution is 0.0317. The lowest BCUT2D eigenvalue weighted by atomic mass is 9.87. The second-order valence-electron chi connectivity index (χ2n) is 10.4. The van der Waals surface area contributed by atoms with E-state index in [1.165, 1.54) is 5.56 Å². The molecular weight excluding hydrogens is 492 g/mol. The molecule has 2 N–H and O–H groups in total. The third-order valence-electron chi connectivity index (χ3n) is 8.33. The maximum atomic E-state index is 9.16. The summed E-state index contributed by atoms with van der Waals surface area (Å²) in [5.41, 5.74) is 3.24. The maximum Gasteiger partial charge on any atom is 0.160 e. The molecule has 39 heavy (non-hydrogen) atoms. The van der Waals surface area contributed by atoms with Gasteiger partial charge in [0.2, 0.25) is 0 Å². The molecule has 0 spiro atoms. The molecule has 0 amide bonds. The minimum absolute atomic E-state index is 0.0369. The molecule has 5 unspecified atom stereocenters. The first-order valence-corrected chi connectivity index (χ1v) is 13.9. The first kappa shape index (κ1) is 27.4. The highest BCUT2D eigenvalue weighted by atomic mass is 16.5. The second-order valence-corrected chi connectivity index (χ2v) is 10.4. The van der Waals surface area contributed by atoms with Crippen LogP contribution in [-0.2, 0) is 4.74 Å². The van der Waals surface area contributed by atoms with Crippen LogP contribution in [0.4, 0.5) is 0 Å². The van der Waals surface area contributed by atoms with E-state index in [2.05, 4.69) is 57.4 Å². The molecule has 1 aromatic heterocycles. The zero-order valence-corrected chi connectivity index (χ0v) is 23.4. The molecule has 208 valence electrons. The molecule has 0 saturated carbocycles. The van der Waals surface area contributed by atoms with Crippen molar-refractivity contribution in [1.82, 2.24) is 25.1 Å².